The molecule has 5 nitrogen and oxygen atoms in total. The van der Waals surface area contributed by atoms with Crippen LogP contribution in [0.25, 0.3) is 0 Å². The number of carbonyl (C=O) groups excluding carboxylic acids is 2. The predicted molar refractivity (Wildman–Crippen MR) is 113 cm³/mol. The molecule has 0 spiro atoms. The van der Waals surface area contributed by atoms with Crippen LogP contribution >= 0.6 is 27.3 Å². The van der Waals surface area contributed by atoms with Gasteiger partial charge in [0, 0.05) is 18.0 Å². The maximum absolute atomic E-state index is 12.8. The van der Waals surface area contributed by atoms with Crippen LogP contribution in [0.15, 0.2) is 28.7 Å². The first-order valence-corrected chi connectivity index (χ1v) is 11.0. The number of halogens is 1. The summed E-state index contributed by atoms with van der Waals surface area (Å²) in [7, 11) is 1.62. The molecule has 1 aromatic heterocycles. The average molecular weight is 466 g/mol. The largest absolute Gasteiger partial charge is 0.497 e. The van der Waals surface area contributed by atoms with E-state index < -0.39 is 0 Å². The Balaban J connectivity index is 1.69. The number of Topliss-reactive ketones (excluding diaryl/α,β-unsaturated/α-hetero) is 1. The second-order valence-corrected chi connectivity index (χ2v) is 8.83. The lowest BCUT2D eigenvalue weighted by Crippen LogP contribution is -2.36. The molecule has 0 aliphatic carbocycles. The van der Waals surface area contributed by atoms with Crippen LogP contribution < -0.4 is 9.47 Å². The number of hydrogen-bond donors (Lipinski definition) is 0. The monoisotopic (exact) mass is 465 g/mol. The van der Waals surface area contributed by atoms with Gasteiger partial charge in [-0.3, -0.25) is 9.59 Å². The third-order valence-corrected chi connectivity index (χ3v) is 7.13. The molecule has 1 aliphatic rings. The van der Waals surface area contributed by atoms with Gasteiger partial charge in [-0.05, 0) is 59.8 Å². The van der Waals surface area contributed by atoms with Crippen molar-refractivity contribution in [3.8, 4) is 11.5 Å². The molecular weight excluding hydrogens is 442 g/mol. The number of rotatable bonds is 7. The van der Waals surface area contributed by atoms with Crippen molar-refractivity contribution in [3.63, 3.8) is 0 Å². The van der Waals surface area contributed by atoms with Gasteiger partial charge in [0.15, 0.2) is 11.5 Å². The van der Waals surface area contributed by atoms with E-state index in [-0.39, 0.29) is 18.1 Å². The van der Waals surface area contributed by atoms with Gasteiger partial charge in [0.25, 0.3) is 0 Å². The molecular formula is C21H24BrNO4S. The summed E-state index contributed by atoms with van der Waals surface area (Å²) in [6, 6.07) is 7.59. The Morgan fingerprint density at radius 3 is 2.46 bits per heavy atom. The first-order valence-electron chi connectivity index (χ1n) is 9.35. The summed E-state index contributed by atoms with van der Waals surface area (Å²) in [5.74, 6) is 1.03. The topological polar surface area (TPSA) is 55.8 Å². The number of ketones is 1. The number of carbonyl (C=O) groups is 2. The molecule has 1 amide bonds. The summed E-state index contributed by atoms with van der Waals surface area (Å²) in [4.78, 5) is 28.6. The number of methoxy groups -OCH3 is 1. The minimum atomic E-state index is -0.181. The minimum Gasteiger partial charge on any atom is -0.497 e. The second kappa shape index (κ2) is 9.56. The molecule has 1 aliphatic heterocycles. The first-order chi connectivity index (χ1) is 13.5. The highest BCUT2D eigenvalue weighted by molar-refractivity contribution is 9.10. The molecule has 3 rings (SSSR count). The molecule has 1 saturated heterocycles. The van der Waals surface area contributed by atoms with Crippen LogP contribution in [-0.2, 0) is 11.4 Å². The Hall–Kier alpha value is -1.86. The molecule has 0 N–H and O–H groups in total. The van der Waals surface area contributed by atoms with Crippen LogP contribution in [0.5, 0.6) is 11.5 Å². The average Bonchev–Trinajstić information content (AvgIpc) is 3.01. The molecule has 28 heavy (non-hydrogen) atoms. The second-order valence-electron chi connectivity index (χ2n) is 6.81. The Labute approximate surface area is 177 Å². The molecule has 1 fully saturated rings. The molecule has 7 heteroatoms. The molecule has 0 bridgehead atoms. The van der Waals surface area contributed by atoms with Crippen molar-refractivity contribution >= 4 is 39.0 Å². The van der Waals surface area contributed by atoms with Crippen LogP contribution in [0.2, 0.25) is 0 Å². The number of amides is 1. The van der Waals surface area contributed by atoms with Gasteiger partial charge in [0.2, 0.25) is 5.91 Å². The van der Waals surface area contributed by atoms with Crippen LogP contribution in [0.3, 0.4) is 0 Å². The number of thiophene rings is 1. The maximum atomic E-state index is 12.8. The van der Waals surface area contributed by atoms with E-state index in [2.05, 4.69) is 15.9 Å². The van der Waals surface area contributed by atoms with Gasteiger partial charge in [-0.1, -0.05) is 12.1 Å². The van der Waals surface area contributed by atoms with E-state index in [0.717, 1.165) is 53.0 Å². The number of aryl methyl sites for hydroxylation is 1. The first kappa shape index (κ1) is 20.9. The van der Waals surface area contributed by atoms with E-state index in [1.807, 2.05) is 31.2 Å². The van der Waals surface area contributed by atoms with E-state index in [9.17, 15) is 9.59 Å². The SMILES string of the molecule is COc1ccc(COc2c(C(=O)CC(=O)N3CCCCC3)sc(C)c2Br)cc1. The fourth-order valence-electron chi connectivity index (χ4n) is 3.17. The van der Waals surface area contributed by atoms with Gasteiger partial charge < -0.3 is 14.4 Å². The molecule has 0 radical (unpaired) electrons. The van der Waals surface area contributed by atoms with E-state index in [1.165, 1.54) is 11.3 Å². The quantitative estimate of drug-likeness (QED) is 0.426. The molecule has 1 aromatic carbocycles. The summed E-state index contributed by atoms with van der Waals surface area (Å²) >= 11 is 4.89. The van der Waals surface area contributed by atoms with Gasteiger partial charge >= 0.3 is 0 Å². The number of hydrogen-bond acceptors (Lipinski definition) is 5. The number of likely N-dealkylation sites (tertiary alicyclic amines) is 1. The van der Waals surface area contributed by atoms with Crippen molar-refractivity contribution in [2.24, 2.45) is 0 Å². The summed E-state index contributed by atoms with van der Waals surface area (Å²) < 4.78 is 11.9. The van der Waals surface area contributed by atoms with Crippen LogP contribution in [0, 0.1) is 6.92 Å². The molecule has 2 heterocycles. The van der Waals surface area contributed by atoms with Gasteiger partial charge in [0.05, 0.1) is 18.0 Å². The zero-order valence-corrected chi connectivity index (χ0v) is 18.5. The molecule has 150 valence electrons. The van der Waals surface area contributed by atoms with Gasteiger partial charge in [-0.15, -0.1) is 11.3 Å². The Morgan fingerprint density at radius 2 is 1.82 bits per heavy atom. The highest BCUT2D eigenvalue weighted by Gasteiger charge is 2.26. The highest BCUT2D eigenvalue weighted by atomic mass is 79.9. The fraction of sp³-hybridized carbons (Fsp3) is 0.429. The third kappa shape index (κ3) is 4.94. The van der Waals surface area contributed by atoms with Crippen molar-refractivity contribution in [2.75, 3.05) is 20.2 Å². The van der Waals surface area contributed by atoms with Crippen molar-refractivity contribution in [1.82, 2.24) is 4.90 Å². The normalized spacial score (nSPS) is 14.0. The van der Waals surface area contributed by atoms with Gasteiger partial charge in [-0.25, -0.2) is 0 Å². The Kier molecular flexibility index (Phi) is 7.13. The van der Waals surface area contributed by atoms with E-state index in [1.54, 1.807) is 12.0 Å². The predicted octanol–water partition coefficient (Wildman–Crippen LogP) is 4.99. The lowest BCUT2D eigenvalue weighted by molar-refractivity contribution is -0.131. The van der Waals surface area contributed by atoms with Crippen molar-refractivity contribution < 1.29 is 19.1 Å². The smallest absolute Gasteiger partial charge is 0.230 e. The number of piperidine rings is 1. The molecule has 2 aromatic rings. The lowest BCUT2D eigenvalue weighted by atomic mass is 10.1. The number of benzene rings is 1. The summed E-state index contributed by atoms with van der Waals surface area (Å²) in [6.45, 7) is 3.76. The van der Waals surface area contributed by atoms with Crippen molar-refractivity contribution in [2.45, 2.75) is 39.2 Å². The van der Waals surface area contributed by atoms with Crippen LogP contribution in [0.4, 0.5) is 0 Å². The maximum Gasteiger partial charge on any atom is 0.230 e. The zero-order chi connectivity index (χ0) is 20.1. The number of nitrogens with zero attached hydrogens (tertiary/aromatic N) is 1. The lowest BCUT2D eigenvalue weighted by Gasteiger charge is -2.26. The molecule has 0 atom stereocenters. The van der Waals surface area contributed by atoms with Crippen molar-refractivity contribution in [3.05, 3.63) is 44.1 Å². The molecule has 0 saturated carbocycles. The fourth-order valence-corrected chi connectivity index (χ4v) is 4.78. The summed E-state index contributed by atoms with van der Waals surface area (Å²) in [6.07, 6.45) is 3.07. The zero-order valence-electron chi connectivity index (χ0n) is 16.1. The van der Waals surface area contributed by atoms with E-state index in [0.29, 0.717) is 17.2 Å². The van der Waals surface area contributed by atoms with Gasteiger partial charge in [0.1, 0.15) is 17.2 Å². The van der Waals surface area contributed by atoms with Crippen LogP contribution in [0.1, 0.15) is 45.8 Å². The minimum absolute atomic E-state index is 0.0898. The van der Waals surface area contributed by atoms with E-state index in [4.69, 9.17) is 9.47 Å². The molecule has 0 unspecified atom stereocenters. The van der Waals surface area contributed by atoms with Gasteiger partial charge in [-0.2, -0.15) is 0 Å². The standard InChI is InChI=1S/C21H24BrNO4S/c1-14-19(22)20(27-13-15-6-8-16(26-2)9-7-15)21(28-14)17(24)12-18(25)23-10-4-3-5-11-23/h6-9H,3-5,10-13H2,1-2H3. The highest BCUT2D eigenvalue weighted by Crippen LogP contribution is 2.40. The van der Waals surface area contributed by atoms with Crippen molar-refractivity contribution in [1.29, 1.82) is 0 Å². The third-order valence-electron chi connectivity index (χ3n) is 4.79. The van der Waals surface area contributed by atoms with E-state index >= 15 is 0 Å². The van der Waals surface area contributed by atoms with Crippen LogP contribution in [-0.4, -0.2) is 36.8 Å². The summed E-state index contributed by atoms with van der Waals surface area (Å²) in [5.41, 5.74) is 0.972. The summed E-state index contributed by atoms with van der Waals surface area (Å²) in [5, 5.41) is 0. The Morgan fingerprint density at radius 1 is 1.14 bits per heavy atom. The Bertz CT molecular complexity index is 841. The number of ether oxygens (including phenoxy) is 2.